The molecule has 0 unspecified atom stereocenters. The lowest BCUT2D eigenvalue weighted by molar-refractivity contribution is 0.340. The molecule has 130 valence electrons. The summed E-state index contributed by atoms with van der Waals surface area (Å²) < 4.78 is 32.4. The Morgan fingerprint density at radius 3 is 2.32 bits per heavy atom. The van der Waals surface area contributed by atoms with Gasteiger partial charge in [0.05, 0.1) is 11.5 Å². The van der Waals surface area contributed by atoms with Gasteiger partial charge in [0.25, 0.3) is 0 Å². The van der Waals surface area contributed by atoms with E-state index in [-0.39, 0.29) is 4.90 Å². The molecule has 0 aliphatic heterocycles. The molecule has 0 aliphatic rings. The fraction of sp³-hybridized carbons (Fsp3) is 0.200. The van der Waals surface area contributed by atoms with E-state index in [4.69, 9.17) is 4.74 Å². The van der Waals surface area contributed by atoms with E-state index in [1.807, 2.05) is 49.4 Å². The maximum Gasteiger partial charge on any atom is 0.243 e. The predicted molar refractivity (Wildman–Crippen MR) is 100 cm³/mol. The zero-order chi connectivity index (χ0) is 17.9. The molecule has 3 aromatic carbocycles. The number of sulfonamides is 1. The third kappa shape index (κ3) is 3.67. The fourth-order valence-electron chi connectivity index (χ4n) is 2.81. The summed E-state index contributed by atoms with van der Waals surface area (Å²) in [6.07, 6.45) is 0. The van der Waals surface area contributed by atoms with E-state index in [9.17, 15) is 8.42 Å². The van der Waals surface area contributed by atoms with Crippen LogP contribution in [0, 0.1) is 0 Å². The molecule has 25 heavy (non-hydrogen) atoms. The molecule has 3 aromatic rings. The maximum absolute atomic E-state index is 12.8. The quantitative estimate of drug-likeness (QED) is 0.670. The Hall–Kier alpha value is -2.37. The van der Waals surface area contributed by atoms with E-state index in [0.717, 1.165) is 16.3 Å². The lowest BCUT2D eigenvalue weighted by Crippen LogP contribution is -2.26. The highest BCUT2D eigenvalue weighted by atomic mass is 32.2. The number of hydrogen-bond donors (Lipinski definition) is 0. The molecule has 0 fully saturated rings. The van der Waals surface area contributed by atoms with Crippen molar-refractivity contribution in [1.82, 2.24) is 4.31 Å². The van der Waals surface area contributed by atoms with E-state index in [2.05, 4.69) is 0 Å². The second-order valence-corrected chi connectivity index (χ2v) is 7.85. The van der Waals surface area contributed by atoms with E-state index in [1.54, 1.807) is 31.3 Å². The van der Waals surface area contributed by atoms with Crippen LogP contribution in [-0.4, -0.2) is 26.4 Å². The van der Waals surface area contributed by atoms with Crippen molar-refractivity contribution in [2.24, 2.45) is 0 Å². The van der Waals surface area contributed by atoms with Crippen LogP contribution in [0.5, 0.6) is 5.75 Å². The van der Waals surface area contributed by atoms with Gasteiger partial charge in [0, 0.05) is 13.6 Å². The zero-order valence-corrected chi connectivity index (χ0v) is 15.2. The summed E-state index contributed by atoms with van der Waals surface area (Å²) >= 11 is 0. The predicted octanol–water partition coefficient (Wildman–Crippen LogP) is 4.06. The Morgan fingerprint density at radius 1 is 0.920 bits per heavy atom. The molecule has 0 heterocycles. The standard InChI is InChI=1S/C20H21NO3S/c1-3-24-18-11-13-19(14-12-18)25(22,23)21(2)15-17-9-6-8-16-7-4-5-10-20(16)17/h4-14H,3,15H2,1-2H3. The molecule has 0 bridgehead atoms. The van der Waals surface area contributed by atoms with E-state index < -0.39 is 10.0 Å². The third-order valence-electron chi connectivity index (χ3n) is 4.12. The van der Waals surface area contributed by atoms with Gasteiger partial charge in [-0.15, -0.1) is 0 Å². The van der Waals surface area contributed by atoms with Crippen molar-refractivity contribution in [3.8, 4) is 5.75 Å². The summed E-state index contributed by atoms with van der Waals surface area (Å²) in [4.78, 5) is 0.263. The highest BCUT2D eigenvalue weighted by molar-refractivity contribution is 7.89. The smallest absolute Gasteiger partial charge is 0.243 e. The van der Waals surface area contributed by atoms with Gasteiger partial charge >= 0.3 is 0 Å². The normalized spacial score (nSPS) is 11.8. The minimum absolute atomic E-state index is 0.263. The molecular weight excluding hydrogens is 334 g/mol. The van der Waals surface area contributed by atoms with Crippen molar-refractivity contribution in [2.45, 2.75) is 18.4 Å². The number of hydrogen-bond acceptors (Lipinski definition) is 3. The van der Waals surface area contributed by atoms with E-state index >= 15 is 0 Å². The monoisotopic (exact) mass is 355 g/mol. The first kappa shape index (κ1) is 17.5. The number of benzene rings is 3. The van der Waals surface area contributed by atoms with Crippen molar-refractivity contribution in [2.75, 3.05) is 13.7 Å². The zero-order valence-electron chi connectivity index (χ0n) is 14.3. The Kier molecular flexibility index (Phi) is 5.06. The third-order valence-corrected chi connectivity index (χ3v) is 5.93. The molecule has 0 N–H and O–H groups in total. The summed E-state index contributed by atoms with van der Waals surface area (Å²) in [6, 6.07) is 20.5. The van der Waals surface area contributed by atoms with Gasteiger partial charge in [-0.3, -0.25) is 0 Å². The summed E-state index contributed by atoms with van der Waals surface area (Å²) in [7, 11) is -1.96. The summed E-state index contributed by atoms with van der Waals surface area (Å²) in [5, 5.41) is 2.17. The highest BCUT2D eigenvalue weighted by Crippen LogP contribution is 2.23. The minimum Gasteiger partial charge on any atom is -0.494 e. The molecule has 0 radical (unpaired) electrons. The average molecular weight is 355 g/mol. The molecule has 0 spiro atoms. The van der Waals surface area contributed by atoms with Gasteiger partial charge in [-0.1, -0.05) is 42.5 Å². The van der Waals surface area contributed by atoms with Crippen molar-refractivity contribution in [3.05, 3.63) is 72.3 Å². The van der Waals surface area contributed by atoms with Crippen molar-refractivity contribution in [3.63, 3.8) is 0 Å². The van der Waals surface area contributed by atoms with Crippen molar-refractivity contribution < 1.29 is 13.2 Å². The first-order chi connectivity index (χ1) is 12.0. The summed E-state index contributed by atoms with van der Waals surface area (Å²) in [5.41, 5.74) is 0.982. The van der Waals surface area contributed by atoms with Crippen LogP contribution < -0.4 is 4.74 Å². The molecule has 0 saturated heterocycles. The van der Waals surface area contributed by atoms with Gasteiger partial charge in [0.1, 0.15) is 5.75 Å². The average Bonchev–Trinajstić information content (AvgIpc) is 2.63. The maximum atomic E-state index is 12.8. The first-order valence-corrected chi connectivity index (χ1v) is 9.62. The van der Waals surface area contributed by atoms with Crippen LogP contribution in [0.2, 0.25) is 0 Å². The van der Waals surface area contributed by atoms with Crippen LogP contribution in [0.3, 0.4) is 0 Å². The molecule has 5 heteroatoms. The van der Waals surface area contributed by atoms with Crippen LogP contribution in [-0.2, 0) is 16.6 Å². The van der Waals surface area contributed by atoms with Gasteiger partial charge in [-0.05, 0) is 47.5 Å². The van der Waals surface area contributed by atoms with Crippen LogP contribution >= 0.6 is 0 Å². The summed E-state index contributed by atoms with van der Waals surface area (Å²) in [6.45, 7) is 2.76. The topological polar surface area (TPSA) is 46.6 Å². The van der Waals surface area contributed by atoms with Gasteiger partial charge in [-0.25, -0.2) is 8.42 Å². The lowest BCUT2D eigenvalue weighted by atomic mass is 10.0. The molecule has 0 amide bonds. The largest absolute Gasteiger partial charge is 0.494 e. The Balaban J connectivity index is 1.87. The Morgan fingerprint density at radius 2 is 1.60 bits per heavy atom. The number of nitrogens with zero attached hydrogens (tertiary/aromatic N) is 1. The molecule has 4 nitrogen and oxygen atoms in total. The summed E-state index contributed by atoms with van der Waals surface area (Å²) in [5.74, 6) is 0.665. The van der Waals surface area contributed by atoms with Crippen LogP contribution in [0.25, 0.3) is 10.8 Å². The van der Waals surface area contributed by atoms with Gasteiger partial charge < -0.3 is 4.74 Å². The number of ether oxygens (including phenoxy) is 1. The number of fused-ring (bicyclic) bond motifs is 1. The van der Waals surface area contributed by atoms with Crippen LogP contribution in [0.4, 0.5) is 0 Å². The van der Waals surface area contributed by atoms with E-state index in [1.165, 1.54) is 4.31 Å². The Bertz CT molecular complexity index is 960. The first-order valence-electron chi connectivity index (χ1n) is 8.18. The second kappa shape index (κ2) is 7.25. The highest BCUT2D eigenvalue weighted by Gasteiger charge is 2.21. The van der Waals surface area contributed by atoms with Crippen molar-refractivity contribution in [1.29, 1.82) is 0 Å². The Labute approximate surface area is 148 Å². The van der Waals surface area contributed by atoms with Gasteiger partial charge in [0.2, 0.25) is 10.0 Å². The van der Waals surface area contributed by atoms with E-state index in [0.29, 0.717) is 18.9 Å². The molecule has 0 aromatic heterocycles. The van der Waals surface area contributed by atoms with Crippen molar-refractivity contribution >= 4 is 20.8 Å². The van der Waals surface area contributed by atoms with Gasteiger partial charge in [0.15, 0.2) is 0 Å². The molecule has 0 saturated carbocycles. The molecule has 0 atom stereocenters. The minimum atomic E-state index is -3.56. The van der Waals surface area contributed by atoms with Crippen LogP contribution in [0.1, 0.15) is 12.5 Å². The number of rotatable bonds is 6. The van der Waals surface area contributed by atoms with Crippen LogP contribution in [0.15, 0.2) is 71.6 Å². The molecular formula is C20H21NO3S. The SMILES string of the molecule is CCOc1ccc(S(=O)(=O)N(C)Cc2cccc3ccccc23)cc1. The molecule has 3 rings (SSSR count). The van der Waals surface area contributed by atoms with Gasteiger partial charge in [-0.2, -0.15) is 4.31 Å². The lowest BCUT2D eigenvalue weighted by Gasteiger charge is -2.18. The molecule has 0 aliphatic carbocycles. The second-order valence-electron chi connectivity index (χ2n) is 5.80. The fourth-order valence-corrected chi connectivity index (χ4v) is 3.96.